The highest BCUT2D eigenvalue weighted by atomic mass is 32.2. The van der Waals surface area contributed by atoms with Gasteiger partial charge in [-0.15, -0.1) is 11.3 Å². The van der Waals surface area contributed by atoms with Crippen LogP contribution in [0.5, 0.6) is 0 Å². The zero-order chi connectivity index (χ0) is 22.3. The number of pyridine rings is 1. The number of benzene rings is 1. The van der Waals surface area contributed by atoms with Crippen LogP contribution in [-0.4, -0.2) is 48.2 Å². The van der Waals surface area contributed by atoms with Gasteiger partial charge in [0.1, 0.15) is 9.88 Å². The molecule has 0 atom stereocenters. The third kappa shape index (κ3) is 3.74. The van der Waals surface area contributed by atoms with Crippen molar-refractivity contribution in [1.29, 1.82) is 0 Å². The number of carbonyl (C=O) groups excluding carboxylic acids is 1. The van der Waals surface area contributed by atoms with Crippen molar-refractivity contribution < 1.29 is 13.2 Å². The largest absolute Gasteiger partial charge is 0.307 e. The van der Waals surface area contributed by atoms with Gasteiger partial charge >= 0.3 is 0 Å². The normalized spacial score (nSPS) is 16.8. The van der Waals surface area contributed by atoms with E-state index in [9.17, 15) is 13.2 Å². The highest BCUT2D eigenvalue weighted by molar-refractivity contribution is 7.89. The minimum absolute atomic E-state index is 0.104. The lowest BCUT2D eigenvalue weighted by Gasteiger charge is -2.26. The molecule has 1 fully saturated rings. The van der Waals surface area contributed by atoms with Gasteiger partial charge in [0.05, 0.1) is 16.3 Å². The van der Waals surface area contributed by atoms with Crippen LogP contribution in [0.15, 0.2) is 47.5 Å². The molecule has 0 N–H and O–H groups in total. The molecule has 1 amide bonds. The van der Waals surface area contributed by atoms with Gasteiger partial charge in [-0.25, -0.2) is 13.4 Å². The molecule has 2 aliphatic rings. The lowest BCUT2D eigenvalue weighted by molar-refractivity contribution is 0.0992. The van der Waals surface area contributed by atoms with E-state index >= 15 is 0 Å². The molecule has 0 unspecified atom stereocenters. The molecular weight excluding hydrogens is 444 g/mol. The standard InChI is InChI=1S/C23H24N4O3S2/c1-16-21(31-22(25-16)19-7-3-4-11-24-19)23(28)27-14-10-17-15-18(8-9-20(17)27)32(29,30)26-12-5-2-6-13-26/h3-4,7-9,11,15H,2,5-6,10,12-14H2,1H3. The molecule has 0 aliphatic carbocycles. The first-order chi connectivity index (χ1) is 15.4. The van der Waals surface area contributed by atoms with Crippen molar-refractivity contribution in [3.63, 3.8) is 0 Å². The maximum atomic E-state index is 13.4. The van der Waals surface area contributed by atoms with Crippen LogP contribution in [0.4, 0.5) is 5.69 Å². The molecule has 9 heteroatoms. The van der Waals surface area contributed by atoms with E-state index < -0.39 is 10.0 Å². The van der Waals surface area contributed by atoms with Gasteiger partial charge in [-0.3, -0.25) is 9.78 Å². The highest BCUT2D eigenvalue weighted by Gasteiger charge is 2.31. The van der Waals surface area contributed by atoms with E-state index in [1.807, 2.05) is 25.1 Å². The number of aryl methyl sites for hydroxylation is 1. The van der Waals surface area contributed by atoms with E-state index in [4.69, 9.17) is 0 Å². The van der Waals surface area contributed by atoms with Crippen molar-refractivity contribution in [2.24, 2.45) is 0 Å². The fourth-order valence-corrected chi connectivity index (χ4v) is 6.88. The van der Waals surface area contributed by atoms with Crippen LogP contribution in [0.25, 0.3) is 10.7 Å². The summed E-state index contributed by atoms with van der Waals surface area (Å²) in [6.45, 7) is 3.51. The second kappa shape index (κ2) is 8.38. The van der Waals surface area contributed by atoms with Gasteiger partial charge in [0.25, 0.3) is 5.91 Å². The summed E-state index contributed by atoms with van der Waals surface area (Å²) in [7, 11) is -3.49. The quantitative estimate of drug-likeness (QED) is 0.580. The van der Waals surface area contributed by atoms with Crippen LogP contribution < -0.4 is 4.90 Å². The molecule has 0 radical (unpaired) electrons. The van der Waals surface area contributed by atoms with Gasteiger partial charge in [0.15, 0.2) is 0 Å². The summed E-state index contributed by atoms with van der Waals surface area (Å²) in [5.41, 5.74) is 3.09. The van der Waals surface area contributed by atoms with Crippen LogP contribution in [0.3, 0.4) is 0 Å². The number of amides is 1. The lowest BCUT2D eigenvalue weighted by atomic mass is 10.2. The minimum atomic E-state index is -3.49. The topological polar surface area (TPSA) is 83.5 Å². The number of thiazole rings is 1. The summed E-state index contributed by atoms with van der Waals surface area (Å²) in [6.07, 6.45) is 5.23. The van der Waals surface area contributed by atoms with E-state index in [0.717, 1.165) is 36.2 Å². The molecule has 1 aromatic carbocycles. The first-order valence-corrected chi connectivity index (χ1v) is 13.0. The second-order valence-corrected chi connectivity index (χ2v) is 11.0. The Hall–Kier alpha value is -2.62. The number of hydrogen-bond acceptors (Lipinski definition) is 6. The molecular formula is C23H24N4O3S2. The van der Waals surface area contributed by atoms with Crippen LogP contribution >= 0.6 is 11.3 Å². The molecule has 7 nitrogen and oxygen atoms in total. The third-order valence-electron chi connectivity index (χ3n) is 6.02. The Bertz CT molecular complexity index is 1270. The number of piperidine rings is 1. The van der Waals surface area contributed by atoms with Crippen molar-refractivity contribution >= 4 is 33.0 Å². The molecule has 2 aromatic heterocycles. The first-order valence-electron chi connectivity index (χ1n) is 10.8. The smallest absolute Gasteiger partial charge is 0.270 e. The Morgan fingerprint density at radius 3 is 2.62 bits per heavy atom. The van der Waals surface area contributed by atoms with Crippen LogP contribution in [0.1, 0.15) is 40.2 Å². The van der Waals surface area contributed by atoms with Gasteiger partial charge in [-0.05, 0) is 62.1 Å². The van der Waals surface area contributed by atoms with E-state index in [1.54, 1.807) is 33.6 Å². The molecule has 0 saturated carbocycles. The van der Waals surface area contributed by atoms with Gasteiger partial charge in [0, 0.05) is 31.5 Å². The van der Waals surface area contributed by atoms with Gasteiger partial charge in [-0.2, -0.15) is 4.31 Å². The molecule has 166 valence electrons. The molecule has 0 spiro atoms. The molecule has 32 heavy (non-hydrogen) atoms. The predicted octanol–water partition coefficient (Wildman–Crippen LogP) is 3.89. The number of hydrogen-bond donors (Lipinski definition) is 0. The number of rotatable bonds is 4. The van der Waals surface area contributed by atoms with E-state index in [0.29, 0.717) is 46.5 Å². The summed E-state index contributed by atoms with van der Waals surface area (Å²) < 4.78 is 27.7. The third-order valence-corrected chi connectivity index (χ3v) is 9.08. The fraction of sp³-hybridized carbons (Fsp3) is 0.348. The maximum Gasteiger partial charge on any atom is 0.270 e. The van der Waals surface area contributed by atoms with Gasteiger partial charge < -0.3 is 4.90 Å². The maximum absolute atomic E-state index is 13.4. The van der Waals surface area contributed by atoms with Gasteiger partial charge in [-0.1, -0.05) is 12.5 Å². The van der Waals surface area contributed by atoms with Gasteiger partial charge in [0.2, 0.25) is 10.0 Å². The van der Waals surface area contributed by atoms with Crippen molar-refractivity contribution in [2.45, 2.75) is 37.5 Å². The van der Waals surface area contributed by atoms with Crippen LogP contribution in [0.2, 0.25) is 0 Å². The number of anilines is 1. The van der Waals surface area contributed by atoms with Crippen LogP contribution in [-0.2, 0) is 16.4 Å². The average molecular weight is 469 g/mol. The number of carbonyl (C=O) groups is 1. The number of sulfonamides is 1. The molecule has 1 saturated heterocycles. The summed E-state index contributed by atoms with van der Waals surface area (Å²) in [4.78, 5) is 24.9. The zero-order valence-corrected chi connectivity index (χ0v) is 19.5. The monoisotopic (exact) mass is 468 g/mol. The van der Waals surface area contributed by atoms with E-state index in [2.05, 4.69) is 9.97 Å². The Balaban J connectivity index is 1.41. The summed E-state index contributed by atoms with van der Waals surface area (Å²) in [5, 5.41) is 0.717. The van der Waals surface area contributed by atoms with E-state index in [1.165, 1.54) is 11.3 Å². The average Bonchev–Trinajstić information content (AvgIpc) is 3.43. The van der Waals surface area contributed by atoms with Crippen molar-refractivity contribution in [3.8, 4) is 10.7 Å². The van der Waals surface area contributed by atoms with Crippen molar-refractivity contribution in [1.82, 2.24) is 14.3 Å². The summed E-state index contributed by atoms with van der Waals surface area (Å²) >= 11 is 1.34. The molecule has 0 bridgehead atoms. The fourth-order valence-electron chi connectivity index (χ4n) is 4.32. The lowest BCUT2D eigenvalue weighted by Crippen LogP contribution is -2.35. The minimum Gasteiger partial charge on any atom is -0.307 e. The Morgan fingerprint density at radius 2 is 1.88 bits per heavy atom. The predicted molar refractivity (Wildman–Crippen MR) is 125 cm³/mol. The summed E-state index contributed by atoms with van der Waals surface area (Å²) in [6, 6.07) is 10.8. The zero-order valence-electron chi connectivity index (χ0n) is 17.8. The first kappa shape index (κ1) is 21.2. The number of aromatic nitrogens is 2. The van der Waals surface area contributed by atoms with Crippen molar-refractivity contribution in [3.05, 3.63) is 58.7 Å². The van der Waals surface area contributed by atoms with Crippen molar-refractivity contribution in [2.75, 3.05) is 24.5 Å². The van der Waals surface area contributed by atoms with E-state index in [-0.39, 0.29) is 5.91 Å². The Labute approximate surface area is 191 Å². The Kier molecular flexibility index (Phi) is 5.56. The highest BCUT2D eigenvalue weighted by Crippen LogP contribution is 2.35. The van der Waals surface area contributed by atoms with Crippen LogP contribution in [0, 0.1) is 6.92 Å². The molecule has 4 heterocycles. The summed E-state index contributed by atoms with van der Waals surface area (Å²) in [5.74, 6) is -0.104. The Morgan fingerprint density at radius 1 is 1.06 bits per heavy atom. The SMILES string of the molecule is Cc1nc(-c2ccccn2)sc1C(=O)N1CCc2cc(S(=O)(=O)N3CCCCC3)ccc21. The second-order valence-electron chi connectivity index (χ2n) is 8.11. The number of nitrogens with zero attached hydrogens (tertiary/aromatic N) is 4. The molecule has 3 aromatic rings. The number of fused-ring (bicyclic) bond motifs is 1. The molecule has 5 rings (SSSR count). The molecule has 2 aliphatic heterocycles.